The monoisotopic (exact) mass is 545 g/mol. The van der Waals surface area contributed by atoms with Crippen LogP contribution in [0, 0.1) is 0 Å². The highest BCUT2D eigenvalue weighted by Gasteiger charge is 2.20. The van der Waals surface area contributed by atoms with E-state index in [1.807, 2.05) is 30.3 Å². The zero-order chi connectivity index (χ0) is 26.8. The first-order chi connectivity index (χ1) is 19.0. The number of aromatic nitrogens is 2. The van der Waals surface area contributed by atoms with Gasteiger partial charge in [-0.15, -0.1) is 10.2 Å². The van der Waals surface area contributed by atoms with Gasteiger partial charge in [-0.3, -0.25) is 14.3 Å². The number of aromatic hydroxyl groups is 1. The lowest BCUT2D eigenvalue weighted by Crippen LogP contribution is -2.37. The highest BCUT2D eigenvalue weighted by molar-refractivity contribution is 6.31. The van der Waals surface area contributed by atoms with Crippen molar-refractivity contribution in [1.82, 2.24) is 14.5 Å². The first-order valence-electron chi connectivity index (χ1n) is 12.4. The van der Waals surface area contributed by atoms with Crippen LogP contribution in [0.3, 0.4) is 0 Å². The zero-order valence-corrected chi connectivity index (χ0v) is 21.5. The molecule has 1 fully saturated rings. The fraction of sp³-hybridized carbons (Fsp3) is 0.214. The second kappa shape index (κ2) is 10.9. The standard InChI is InChI=1S/C28H24ClN5O5/c29-19-7-10-23-21(15-19)26(28(36)34(23)17-33-11-13-37-14-12-33)32-31-25(35)16-38-20-8-5-18(6-9-20)27-30-22-3-1-2-4-24(22)39-27/h1-10,15,36H,11-14,16-17H2. The Morgan fingerprint density at radius 3 is 2.67 bits per heavy atom. The third-order valence-corrected chi connectivity index (χ3v) is 6.67. The summed E-state index contributed by atoms with van der Waals surface area (Å²) in [6, 6.07) is 19.8. The molecule has 3 heterocycles. The van der Waals surface area contributed by atoms with Crippen molar-refractivity contribution in [1.29, 1.82) is 0 Å². The molecule has 0 spiro atoms. The number of morpholine rings is 1. The second-order valence-electron chi connectivity index (χ2n) is 9.03. The van der Waals surface area contributed by atoms with Crippen LogP contribution in [0.25, 0.3) is 33.5 Å². The molecule has 0 radical (unpaired) electrons. The maximum Gasteiger partial charge on any atom is 0.302 e. The summed E-state index contributed by atoms with van der Waals surface area (Å²) in [6.45, 7) is 2.88. The summed E-state index contributed by atoms with van der Waals surface area (Å²) in [5, 5.41) is 19.9. The molecule has 39 heavy (non-hydrogen) atoms. The van der Waals surface area contributed by atoms with Gasteiger partial charge in [0.1, 0.15) is 11.3 Å². The number of halogens is 1. The molecule has 10 nitrogen and oxygen atoms in total. The lowest BCUT2D eigenvalue weighted by molar-refractivity contribution is -0.120. The number of rotatable bonds is 7. The van der Waals surface area contributed by atoms with E-state index >= 15 is 0 Å². The Kier molecular flexibility index (Phi) is 6.97. The van der Waals surface area contributed by atoms with Crippen LogP contribution in [0.1, 0.15) is 0 Å². The summed E-state index contributed by atoms with van der Waals surface area (Å²) in [6.07, 6.45) is 0. The molecule has 5 aromatic rings. The van der Waals surface area contributed by atoms with E-state index in [2.05, 4.69) is 20.1 Å². The van der Waals surface area contributed by atoms with E-state index in [4.69, 9.17) is 25.5 Å². The number of para-hydroxylation sites is 2. The Bertz CT molecular complexity index is 1640. The van der Waals surface area contributed by atoms with Crippen LogP contribution in [-0.4, -0.2) is 58.4 Å². The third kappa shape index (κ3) is 5.35. The number of carbonyl (C=O) groups is 1. The number of azo groups is 1. The normalized spacial score (nSPS) is 14.5. The van der Waals surface area contributed by atoms with Gasteiger partial charge in [-0.05, 0) is 54.6 Å². The molecule has 1 amide bonds. The molecule has 3 aromatic carbocycles. The number of fused-ring (bicyclic) bond motifs is 2. The molecule has 0 atom stereocenters. The maximum absolute atomic E-state index is 12.5. The highest BCUT2D eigenvalue weighted by atomic mass is 35.5. The van der Waals surface area contributed by atoms with Gasteiger partial charge in [0, 0.05) is 29.1 Å². The van der Waals surface area contributed by atoms with Crippen LogP contribution >= 0.6 is 11.6 Å². The van der Waals surface area contributed by atoms with Crippen LogP contribution in [0.2, 0.25) is 5.02 Å². The van der Waals surface area contributed by atoms with E-state index in [0.717, 1.165) is 29.7 Å². The SMILES string of the molecule is O=C(COc1ccc(-c2nc3ccccc3o2)cc1)N=Nc1c(O)n(CN2CCOCC2)c2ccc(Cl)cc12. The smallest absolute Gasteiger partial charge is 0.302 e. The van der Waals surface area contributed by atoms with Gasteiger partial charge in [-0.25, -0.2) is 4.98 Å². The van der Waals surface area contributed by atoms with Crippen LogP contribution < -0.4 is 4.74 Å². The lowest BCUT2D eigenvalue weighted by Gasteiger charge is -2.27. The molecule has 0 bridgehead atoms. The van der Waals surface area contributed by atoms with Crippen molar-refractivity contribution in [2.24, 2.45) is 10.2 Å². The molecular formula is C28H24ClN5O5. The van der Waals surface area contributed by atoms with Gasteiger partial charge >= 0.3 is 5.91 Å². The molecule has 1 saturated heterocycles. The number of ether oxygens (including phenoxy) is 2. The predicted octanol–water partition coefficient (Wildman–Crippen LogP) is 5.79. The maximum atomic E-state index is 12.5. The molecule has 1 N–H and O–H groups in total. The quantitative estimate of drug-likeness (QED) is 0.257. The van der Waals surface area contributed by atoms with Gasteiger partial charge < -0.3 is 19.0 Å². The van der Waals surface area contributed by atoms with Crippen molar-refractivity contribution in [3.63, 3.8) is 0 Å². The summed E-state index contributed by atoms with van der Waals surface area (Å²) in [5.74, 6) is 0.287. The summed E-state index contributed by atoms with van der Waals surface area (Å²) >= 11 is 6.21. The number of carbonyl (C=O) groups excluding carboxylic acids is 1. The lowest BCUT2D eigenvalue weighted by atomic mass is 10.2. The van der Waals surface area contributed by atoms with Crippen molar-refractivity contribution in [3.8, 4) is 23.1 Å². The Morgan fingerprint density at radius 2 is 1.87 bits per heavy atom. The topological polar surface area (TPSA) is 115 Å². The average Bonchev–Trinajstić information content (AvgIpc) is 3.50. The molecular weight excluding hydrogens is 522 g/mol. The minimum absolute atomic E-state index is 0.0917. The minimum Gasteiger partial charge on any atom is -0.493 e. The third-order valence-electron chi connectivity index (χ3n) is 6.44. The molecule has 1 aliphatic rings. The molecule has 2 aromatic heterocycles. The van der Waals surface area contributed by atoms with Gasteiger partial charge in [0.2, 0.25) is 11.8 Å². The molecule has 198 valence electrons. The minimum atomic E-state index is -0.603. The van der Waals surface area contributed by atoms with Gasteiger partial charge in [-0.2, -0.15) is 0 Å². The van der Waals surface area contributed by atoms with Gasteiger partial charge in [-0.1, -0.05) is 23.7 Å². The van der Waals surface area contributed by atoms with E-state index in [1.54, 1.807) is 41.0 Å². The largest absolute Gasteiger partial charge is 0.493 e. The van der Waals surface area contributed by atoms with Crippen molar-refractivity contribution < 1.29 is 23.8 Å². The molecule has 1 aliphatic heterocycles. The number of nitrogens with zero attached hydrogens (tertiary/aromatic N) is 5. The van der Waals surface area contributed by atoms with Crippen LogP contribution in [-0.2, 0) is 16.2 Å². The van der Waals surface area contributed by atoms with E-state index in [-0.39, 0.29) is 18.2 Å². The Labute approximate surface area is 228 Å². The molecule has 0 saturated carbocycles. The molecule has 0 unspecified atom stereocenters. The molecule has 6 rings (SSSR count). The number of hydrogen-bond acceptors (Lipinski definition) is 8. The van der Waals surface area contributed by atoms with Crippen molar-refractivity contribution in [3.05, 3.63) is 71.8 Å². The number of amides is 1. The van der Waals surface area contributed by atoms with Gasteiger partial charge in [0.05, 0.1) is 25.4 Å². The summed E-state index contributed by atoms with van der Waals surface area (Å²) < 4.78 is 18.5. The van der Waals surface area contributed by atoms with Gasteiger partial charge in [0.15, 0.2) is 17.9 Å². The van der Waals surface area contributed by atoms with E-state index in [0.29, 0.717) is 47.5 Å². The molecule has 0 aliphatic carbocycles. The summed E-state index contributed by atoms with van der Waals surface area (Å²) in [7, 11) is 0. The highest BCUT2D eigenvalue weighted by Crippen LogP contribution is 2.40. The fourth-order valence-electron chi connectivity index (χ4n) is 4.45. The predicted molar refractivity (Wildman–Crippen MR) is 145 cm³/mol. The average molecular weight is 546 g/mol. The molecule has 11 heteroatoms. The first kappa shape index (κ1) is 25.1. The van der Waals surface area contributed by atoms with Crippen LogP contribution in [0.4, 0.5) is 5.69 Å². The van der Waals surface area contributed by atoms with Crippen molar-refractivity contribution in [2.45, 2.75) is 6.67 Å². The van der Waals surface area contributed by atoms with E-state index in [9.17, 15) is 9.90 Å². The van der Waals surface area contributed by atoms with Gasteiger partial charge in [0.25, 0.3) is 0 Å². The fourth-order valence-corrected chi connectivity index (χ4v) is 4.62. The summed E-state index contributed by atoms with van der Waals surface area (Å²) in [4.78, 5) is 19.1. The second-order valence-corrected chi connectivity index (χ2v) is 9.46. The Balaban J connectivity index is 1.14. The first-order valence-corrected chi connectivity index (χ1v) is 12.8. The van der Waals surface area contributed by atoms with Crippen LogP contribution in [0.5, 0.6) is 11.6 Å². The number of benzene rings is 3. The van der Waals surface area contributed by atoms with E-state index < -0.39 is 5.91 Å². The van der Waals surface area contributed by atoms with Crippen molar-refractivity contribution >= 4 is 45.2 Å². The number of hydrogen-bond donors (Lipinski definition) is 1. The van der Waals surface area contributed by atoms with Crippen LogP contribution in [0.15, 0.2) is 81.4 Å². The van der Waals surface area contributed by atoms with E-state index in [1.165, 1.54) is 0 Å². The Hall–Kier alpha value is -4.25. The van der Waals surface area contributed by atoms with Crippen molar-refractivity contribution in [2.75, 3.05) is 32.9 Å². The summed E-state index contributed by atoms with van der Waals surface area (Å²) in [5.41, 5.74) is 3.19. The number of oxazole rings is 1. The Morgan fingerprint density at radius 1 is 1.08 bits per heavy atom. The zero-order valence-electron chi connectivity index (χ0n) is 20.8.